The van der Waals surface area contributed by atoms with E-state index in [4.69, 9.17) is 27.9 Å². The Labute approximate surface area is 237 Å². The lowest BCUT2D eigenvalue weighted by molar-refractivity contribution is 0.102. The van der Waals surface area contributed by atoms with Gasteiger partial charge in [0.25, 0.3) is 5.91 Å². The van der Waals surface area contributed by atoms with E-state index in [9.17, 15) is 4.79 Å². The van der Waals surface area contributed by atoms with Gasteiger partial charge in [-0.15, -0.1) is 0 Å². The van der Waals surface area contributed by atoms with Gasteiger partial charge in [-0.2, -0.15) is 0 Å². The highest BCUT2D eigenvalue weighted by Crippen LogP contribution is 2.40. The van der Waals surface area contributed by atoms with Gasteiger partial charge in [0.1, 0.15) is 17.1 Å². The van der Waals surface area contributed by atoms with E-state index in [1.165, 1.54) is 11.1 Å². The minimum atomic E-state index is -0.191. The summed E-state index contributed by atoms with van der Waals surface area (Å²) in [6, 6.07) is 21.8. The van der Waals surface area contributed by atoms with Gasteiger partial charge in [0.2, 0.25) is 0 Å². The number of ether oxygens (including phenoxy) is 1. The molecule has 0 radical (unpaired) electrons. The first-order valence-electron chi connectivity index (χ1n) is 13.2. The van der Waals surface area contributed by atoms with E-state index in [0.717, 1.165) is 66.0 Å². The predicted molar refractivity (Wildman–Crippen MR) is 160 cm³/mol. The second-order valence-electron chi connectivity index (χ2n) is 9.88. The van der Waals surface area contributed by atoms with Crippen molar-refractivity contribution in [3.8, 4) is 28.1 Å². The van der Waals surface area contributed by atoms with E-state index < -0.39 is 0 Å². The second-order valence-corrected chi connectivity index (χ2v) is 10.7. The van der Waals surface area contributed by atoms with Gasteiger partial charge in [0, 0.05) is 29.6 Å². The number of hydrogen-bond donors (Lipinski definition) is 1. The highest BCUT2D eigenvalue weighted by atomic mass is 35.5. The first-order valence-corrected chi connectivity index (χ1v) is 14.0. The molecule has 2 aromatic heterocycles. The fourth-order valence-corrected chi connectivity index (χ4v) is 5.88. The Hall–Kier alpha value is -3.67. The van der Waals surface area contributed by atoms with Crippen LogP contribution < -0.4 is 10.1 Å². The number of benzene rings is 3. The monoisotopic (exact) mass is 557 g/mol. The third-order valence-electron chi connectivity index (χ3n) is 7.56. The topological polar surface area (TPSA) is 47.7 Å². The number of halogens is 2. The van der Waals surface area contributed by atoms with Crippen LogP contribution in [0.2, 0.25) is 10.0 Å². The quantitative estimate of drug-likeness (QED) is 0.227. The minimum Gasteiger partial charge on any atom is -0.497 e. The van der Waals surface area contributed by atoms with Crippen molar-refractivity contribution in [1.82, 2.24) is 8.97 Å². The number of carbonyl (C=O) groups excluding carboxylic acids is 1. The van der Waals surface area contributed by atoms with Gasteiger partial charge in [-0.1, -0.05) is 54.4 Å². The largest absolute Gasteiger partial charge is 0.497 e. The molecule has 0 unspecified atom stereocenters. The third kappa shape index (κ3) is 4.60. The van der Waals surface area contributed by atoms with Crippen LogP contribution in [0.5, 0.6) is 5.75 Å². The zero-order chi connectivity index (χ0) is 27.1. The summed E-state index contributed by atoms with van der Waals surface area (Å²) in [5.74, 6) is 0.622. The number of amides is 1. The first-order chi connectivity index (χ1) is 19.0. The molecule has 39 heavy (non-hydrogen) atoms. The van der Waals surface area contributed by atoms with Crippen LogP contribution in [0.3, 0.4) is 0 Å². The normalized spacial score (nSPS) is 12.9. The summed E-state index contributed by atoms with van der Waals surface area (Å²) in [5, 5.41) is 3.92. The number of hydrogen-bond acceptors (Lipinski definition) is 2. The zero-order valence-electron chi connectivity index (χ0n) is 21.9. The first kappa shape index (κ1) is 25.6. The van der Waals surface area contributed by atoms with E-state index in [2.05, 4.69) is 63.8 Å². The number of rotatable bonds is 6. The maximum Gasteiger partial charge on any atom is 0.273 e. The Morgan fingerprint density at radius 2 is 1.69 bits per heavy atom. The molecule has 1 amide bonds. The van der Waals surface area contributed by atoms with Crippen molar-refractivity contribution in [2.75, 3.05) is 12.4 Å². The Balaban J connectivity index is 1.57. The number of methoxy groups -OCH3 is 1. The molecule has 5 aromatic rings. The van der Waals surface area contributed by atoms with Gasteiger partial charge in [0.15, 0.2) is 0 Å². The molecule has 198 valence electrons. The molecule has 3 heterocycles. The third-order valence-corrected chi connectivity index (χ3v) is 8.30. The van der Waals surface area contributed by atoms with Gasteiger partial charge in [-0.3, -0.25) is 9.20 Å². The van der Waals surface area contributed by atoms with Crippen LogP contribution in [0.25, 0.3) is 28.0 Å². The molecule has 3 aromatic carbocycles. The summed E-state index contributed by atoms with van der Waals surface area (Å²) in [5.41, 5.74) is 8.95. The van der Waals surface area contributed by atoms with Crippen molar-refractivity contribution < 1.29 is 9.53 Å². The van der Waals surface area contributed by atoms with Crippen LogP contribution in [0.4, 0.5) is 5.69 Å². The van der Waals surface area contributed by atoms with Crippen LogP contribution in [-0.2, 0) is 19.4 Å². The fraction of sp³-hybridized carbons (Fsp3) is 0.219. The molecule has 5 nitrogen and oxygen atoms in total. The number of aromatic nitrogens is 2. The molecule has 0 saturated heterocycles. The summed E-state index contributed by atoms with van der Waals surface area (Å²) in [7, 11) is 1.67. The van der Waals surface area contributed by atoms with Crippen LogP contribution in [0.15, 0.2) is 72.9 Å². The molecule has 1 aliphatic heterocycles. The summed E-state index contributed by atoms with van der Waals surface area (Å²) in [4.78, 5) is 14.1. The van der Waals surface area contributed by atoms with E-state index in [0.29, 0.717) is 21.4 Å². The lowest BCUT2D eigenvalue weighted by Crippen LogP contribution is -2.15. The number of nitrogens with one attached hydrogen (secondary N) is 1. The summed E-state index contributed by atoms with van der Waals surface area (Å²) in [6.45, 7) is 3.03. The van der Waals surface area contributed by atoms with E-state index in [1.807, 2.05) is 12.1 Å². The van der Waals surface area contributed by atoms with Crippen molar-refractivity contribution in [3.63, 3.8) is 0 Å². The molecule has 7 heteroatoms. The Bertz CT molecular complexity index is 1680. The number of imidazole rings is 1. The van der Waals surface area contributed by atoms with Crippen LogP contribution in [-0.4, -0.2) is 22.0 Å². The molecular formula is C32H29Cl2N3O2. The fourth-order valence-electron chi connectivity index (χ4n) is 5.58. The van der Waals surface area contributed by atoms with Crippen molar-refractivity contribution in [3.05, 3.63) is 99.8 Å². The van der Waals surface area contributed by atoms with Gasteiger partial charge in [-0.25, -0.2) is 0 Å². The molecule has 0 bridgehead atoms. The lowest BCUT2D eigenvalue weighted by atomic mass is 9.96. The maximum absolute atomic E-state index is 14.1. The standard InChI is InChI=1S/C32H29Cl2N3O2/c1-3-20-7-9-22(10-8-20)29-25-6-4-5-17-36-28(21-11-14-24(39-2)15-12-21)19-37(32(25)36)30(29)31(38)35-23-13-16-26(33)27(34)18-23/h7-16,18-19H,3-6,17H2,1-2H3,(H,35,38). The van der Waals surface area contributed by atoms with E-state index >= 15 is 0 Å². The minimum absolute atomic E-state index is 0.191. The van der Waals surface area contributed by atoms with Crippen molar-refractivity contribution >= 4 is 40.4 Å². The van der Waals surface area contributed by atoms with E-state index in [-0.39, 0.29) is 5.91 Å². The van der Waals surface area contributed by atoms with Gasteiger partial charge in [-0.05, 0) is 84.8 Å². The van der Waals surface area contributed by atoms with Crippen LogP contribution in [0, 0.1) is 0 Å². The Morgan fingerprint density at radius 1 is 0.949 bits per heavy atom. The van der Waals surface area contributed by atoms with Crippen LogP contribution in [0.1, 0.15) is 41.4 Å². The molecule has 0 spiro atoms. The smallest absolute Gasteiger partial charge is 0.273 e. The molecule has 6 rings (SSSR count). The summed E-state index contributed by atoms with van der Waals surface area (Å²) >= 11 is 12.4. The summed E-state index contributed by atoms with van der Waals surface area (Å²) in [6.07, 6.45) is 6.09. The molecule has 0 saturated carbocycles. The maximum atomic E-state index is 14.1. The number of carbonyl (C=O) groups is 1. The van der Waals surface area contributed by atoms with Crippen molar-refractivity contribution in [2.45, 2.75) is 39.2 Å². The summed E-state index contributed by atoms with van der Waals surface area (Å²) < 4.78 is 9.82. The average Bonchev–Trinajstić information content (AvgIpc) is 3.38. The highest BCUT2D eigenvalue weighted by molar-refractivity contribution is 6.42. The molecule has 1 aliphatic rings. The molecule has 0 aliphatic carbocycles. The molecule has 1 N–H and O–H groups in total. The van der Waals surface area contributed by atoms with Crippen molar-refractivity contribution in [2.24, 2.45) is 0 Å². The number of nitrogens with zero attached hydrogens (tertiary/aromatic N) is 2. The Kier molecular flexibility index (Phi) is 6.88. The SMILES string of the molecule is CCc1ccc(-c2c3c4n(c(-c5ccc(OC)cc5)cn4c2C(=O)Nc2ccc(Cl)c(Cl)c2)CCCC3)cc1. The molecule has 0 fully saturated rings. The van der Waals surface area contributed by atoms with Gasteiger partial charge in [0.05, 0.1) is 22.8 Å². The molecule has 0 atom stereocenters. The number of aryl methyl sites for hydroxylation is 3. The zero-order valence-corrected chi connectivity index (χ0v) is 23.4. The van der Waals surface area contributed by atoms with E-state index in [1.54, 1.807) is 25.3 Å². The van der Waals surface area contributed by atoms with Gasteiger partial charge >= 0.3 is 0 Å². The molecular weight excluding hydrogens is 529 g/mol. The number of anilines is 1. The second kappa shape index (κ2) is 10.5. The van der Waals surface area contributed by atoms with Crippen molar-refractivity contribution in [1.29, 1.82) is 0 Å². The lowest BCUT2D eigenvalue weighted by Gasteiger charge is -2.11. The van der Waals surface area contributed by atoms with Crippen LogP contribution >= 0.6 is 23.2 Å². The predicted octanol–water partition coefficient (Wildman–Crippen LogP) is 8.54. The average molecular weight is 559 g/mol. The Morgan fingerprint density at radius 3 is 2.38 bits per heavy atom. The van der Waals surface area contributed by atoms with Gasteiger partial charge < -0.3 is 14.6 Å². The highest BCUT2D eigenvalue weighted by Gasteiger charge is 2.29.